The molecule has 0 aromatic carbocycles. The summed E-state index contributed by atoms with van der Waals surface area (Å²) in [5.74, 6) is 2.49. The maximum absolute atomic E-state index is 12.7. The Hall–Kier alpha value is -1.12. The summed E-state index contributed by atoms with van der Waals surface area (Å²) in [5, 5.41) is 0. The topological polar surface area (TPSA) is 43.4 Å². The Morgan fingerprint density at radius 3 is 2.39 bits per heavy atom. The average molecular weight is 457 g/mol. The minimum atomic E-state index is 0.0431. The summed E-state index contributed by atoms with van der Waals surface area (Å²) < 4.78 is 6.17. The quantitative estimate of drug-likeness (QED) is 0.247. The van der Waals surface area contributed by atoms with Crippen LogP contribution in [0.25, 0.3) is 0 Å². The lowest BCUT2D eigenvalue weighted by Gasteiger charge is -2.57. The summed E-state index contributed by atoms with van der Waals surface area (Å²) >= 11 is 0. The molecular formula is C30H48O3. The molecule has 0 bridgehead atoms. The molecule has 186 valence electrons. The van der Waals surface area contributed by atoms with E-state index in [-0.39, 0.29) is 22.9 Å². The van der Waals surface area contributed by atoms with Gasteiger partial charge in [0.1, 0.15) is 6.10 Å². The Kier molecular flexibility index (Phi) is 8.06. The first-order chi connectivity index (χ1) is 15.9. The van der Waals surface area contributed by atoms with Gasteiger partial charge in [0.05, 0.1) is 0 Å². The molecule has 3 heteroatoms. The van der Waals surface area contributed by atoms with Gasteiger partial charge in [-0.1, -0.05) is 71.3 Å². The van der Waals surface area contributed by atoms with Crippen molar-refractivity contribution in [3.8, 4) is 0 Å². The van der Waals surface area contributed by atoms with Crippen LogP contribution in [0.3, 0.4) is 0 Å². The molecule has 0 N–H and O–H groups in total. The number of carbonyl (C=O) groups excluding carboxylic acids is 2. The number of hydrogen-bond acceptors (Lipinski definition) is 3. The number of ketones is 1. The number of unbranched alkanes of at least 4 members (excludes halogenated alkanes) is 7. The third-order valence-corrected chi connectivity index (χ3v) is 10.4. The van der Waals surface area contributed by atoms with Crippen LogP contribution < -0.4 is 0 Å². The number of esters is 1. The Labute approximate surface area is 202 Å². The van der Waals surface area contributed by atoms with Crippen LogP contribution in [-0.2, 0) is 14.3 Å². The summed E-state index contributed by atoms with van der Waals surface area (Å²) in [6.45, 7) is 7.13. The standard InChI is InChI=1S/C30H48O3/c1-4-5-6-7-8-9-10-11-12-28(32)33-27-16-15-25-24-14-13-22-21-23(31)17-19-29(22,2)26(24)18-20-30(25,27)3/h21,24-27H,4-20H2,1-3H3/t24-,25-,26+,27-,29-,30-/m0/s1. The Balaban J connectivity index is 1.27. The molecule has 0 aromatic rings. The molecule has 4 rings (SSSR count). The van der Waals surface area contributed by atoms with Crippen molar-refractivity contribution in [3.05, 3.63) is 11.6 Å². The fourth-order valence-electron chi connectivity index (χ4n) is 8.33. The third-order valence-electron chi connectivity index (χ3n) is 10.4. The van der Waals surface area contributed by atoms with E-state index in [4.69, 9.17) is 4.74 Å². The van der Waals surface area contributed by atoms with Gasteiger partial charge in [-0.3, -0.25) is 9.59 Å². The molecule has 0 radical (unpaired) electrons. The highest BCUT2D eigenvalue weighted by Gasteiger charge is 2.59. The van der Waals surface area contributed by atoms with Crippen molar-refractivity contribution < 1.29 is 14.3 Å². The maximum atomic E-state index is 12.7. The van der Waals surface area contributed by atoms with Gasteiger partial charge in [0.15, 0.2) is 5.78 Å². The number of ether oxygens (including phenoxy) is 1. The van der Waals surface area contributed by atoms with Crippen molar-refractivity contribution in [2.75, 3.05) is 0 Å². The van der Waals surface area contributed by atoms with E-state index in [1.54, 1.807) is 0 Å². The molecule has 33 heavy (non-hydrogen) atoms. The van der Waals surface area contributed by atoms with Crippen molar-refractivity contribution in [2.24, 2.45) is 28.6 Å². The first-order valence-electron chi connectivity index (χ1n) is 14.3. The monoisotopic (exact) mass is 456 g/mol. The molecule has 4 aliphatic carbocycles. The van der Waals surface area contributed by atoms with Gasteiger partial charge in [-0.15, -0.1) is 0 Å². The fraction of sp³-hybridized carbons (Fsp3) is 0.867. The van der Waals surface area contributed by atoms with Gasteiger partial charge in [0.25, 0.3) is 0 Å². The Bertz CT molecular complexity index is 739. The second kappa shape index (κ2) is 10.6. The van der Waals surface area contributed by atoms with Gasteiger partial charge in [-0.25, -0.2) is 0 Å². The van der Waals surface area contributed by atoms with Gasteiger partial charge in [-0.2, -0.15) is 0 Å². The number of rotatable bonds is 10. The molecule has 0 saturated heterocycles. The van der Waals surface area contributed by atoms with Gasteiger partial charge >= 0.3 is 5.97 Å². The summed E-state index contributed by atoms with van der Waals surface area (Å²) in [4.78, 5) is 24.7. The lowest BCUT2D eigenvalue weighted by atomic mass is 9.47. The Morgan fingerprint density at radius 1 is 0.909 bits per heavy atom. The van der Waals surface area contributed by atoms with Gasteiger partial charge in [0, 0.05) is 18.3 Å². The van der Waals surface area contributed by atoms with Crippen LogP contribution in [0.15, 0.2) is 11.6 Å². The van der Waals surface area contributed by atoms with Crippen molar-refractivity contribution >= 4 is 11.8 Å². The van der Waals surface area contributed by atoms with Crippen LogP contribution in [0.2, 0.25) is 0 Å². The molecule has 0 aliphatic heterocycles. The fourth-order valence-corrected chi connectivity index (χ4v) is 8.33. The minimum Gasteiger partial charge on any atom is -0.462 e. The maximum Gasteiger partial charge on any atom is 0.306 e. The third kappa shape index (κ3) is 5.13. The van der Waals surface area contributed by atoms with E-state index in [0.29, 0.717) is 24.0 Å². The van der Waals surface area contributed by atoms with Crippen LogP contribution in [0.4, 0.5) is 0 Å². The second-order valence-corrected chi connectivity index (χ2v) is 12.3. The SMILES string of the molecule is CCCCCCCCCCC(=O)O[C@H]1CC[C@H]2[C@@H]3CCC4=CC(=O)CC[C@]4(C)[C@@H]3CC[C@]12C. The van der Waals surface area contributed by atoms with Crippen molar-refractivity contribution in [3.63, 3.8) is 0 Å². The summed E-state index contributed by atoms with van der Waals surface area (Å²) in [5.41, 5.74) is 1.82. The molecule has 3 nitrogen and oxygen atoms in total. The predicted molar refractivity (Wildman–Crippen MR) is 134 cm³/mol. The molecule has 3 saturated carbocycles. The summed E-state index contributed by atoms with van der Waals surface area (Å²) in [6, 6.07) is 0. The number of carbonyl (C=O) groups is 2. The minimum absolute atomic E-state index is 0.0431. The zero-order valence-electron chi connectivity index (χ0n) is 21.6. The molecule has 0 spiro atoms. The summed E-state index contributed by atoms with van der Waals surface area (Å²) in [6.07, 6.45) is 21.5. The van der Waals surface area contributed by atoms with Gasteiger partial charge in [-0.05, 0) is 80.6 Å². The molecule has 0 unspecified atom stereocenters. The number of allylic oxidation sites excluding steroid dienone is 1. The van der Waals surface area contributed by atoms with Crippen molar-refractivity contribution in [1.29, 1.82) is 0 Å². The van der Waals surface area contributed by atoms with E-state index in [9.17, 15) is 9.59 Å². The average Bonchev–Trinajstić information content (AvgIpc) is 3.12. The molecule has 4 aliphatic rings. The first kappa shape index (κ1) is 25.0. The van der Waals surface area contributed by atoms with E-state index >= 15 is 0 Å². The van der Waals surface area contributed by atoms with Crippen LogP contribution in [0.5, 0.6) is 0 Å². The van der Waals surface area contributed by atoms with E-state index in [1.165, 1.54) is 69.8 Å². The number of hydrogen-bond donors (Lipinski definition) is 0. The highest BCUT2D eigenvalue weighted by Crippen LogP contribution is 2.65. The second-order valence-electron chi connectivity index (χ2n) is 12.3. The smallest absolute Gasteiger partial charge is 0.306 e. The molecule has 0 heterocycles. The van der Waals surface area contributed by atoms with E-state index in [1.807, 2.05) is 6.08 Å². The van der Waals surface area contributed by atoms with E-state index < -0.39 is 0 Å². The molecule has 3 fully saturated rings. The molecule has 0 aromatic heterocycles. The largest absolute Gasteiger partial charge is 0.462 e. The van der Waals surface area contributed by atoms with E-state index in [0.717, 1.165) is 44.4 Å². The first-order valence-corrected chi connectivity index (χ1v) is 14.3. The zero-order chi connectivity index (χ0) is 23.5. The number of fused-ring (bicyclic) bond motifs is 5. The van der Waals surface area contributed by atoms with Crippen LogP contribution in [0.1, 0.15) is 130 Å². The summed E-state index contributed by atoms with van der Waals surface area (Å²) in [7, 11) is 0. The van der Waals surface area contributed by atoms with Gasteiger partial charge < -0.3 is 4.74 Å². The predicted octanol–water partition coefficient (Wildman–Crippen LogP) is 7.96. The van der Waals surface area contributed by atoms with Crippen LogP contribution >= 0.6 is 0 Å². The van der Waals surface area contributed by atoms with Gasteiger partial charge in [0.2, 0.25) is 0 Å². The molecule has 0 amide bonds. The molecule has 6 atom stereocenters. The van der Waals surface area contributed by atoms with E-state index in [2.05, 4.69) is 20.8 Å². The lowest BCUT2D eigenvalue weighted by molar-refractivity contribution is -0.160. The van der Waals surface area contributed by atoms with Crippen LogP contribution in [-0.4, -0.2) is 17.9 Å². The molecular weight excluding hydrogens is 408 g/mol. The van der Waals surface area contributed by atoms with Crippen molar-refractivity contribution in [2.45, 2.75) is 136 Å². The van der Waals surface area contributed by atoms with Crippen molar-refractivity contribution in [1.82, 2.24) is 0 Å². The highest BCUT2D eigenvalue weighted by atomic mass is 16.5. The van der Waals surface area contributed by atoms with Crippen LogP contribution in [0, 0.1) is 28.6 Å². The Morgan fingerprint density at radius 2 is 1.64 bits per heavy atom. The highest BCUT2D eigenvalue weighted by molar-refractivity contribution is 5.91. The normalized spacial score (nSPS) is 37.7. The lowest BCUT2D eigenvalue weighted by Crippen LogP contribution is -2.51. The zero-order valence-corrected chi connectivity index (χ0v) is 21.6.